The topological polar surface area (TPSA) is 18.5 Å². The van der Waals surface area contributed by atoms with Gasteiger partial charge < -0.3 is 9.47 Å². The Morgan fingerprint density at radius 1 is 0.444 bits per heavy atom. The molecule has 2 aliphatic carbocycles. The third kappa shape index (κ3) is 6.88. The van der Waals surface area contributed by atoms with Crippen molar-refractivity contribution in [2.24, 2.45) is 0 Å². The summed E-state index contributed by atoms with van der Waals surface area (Å²) in [7, 11) is 13.4. The Bertz CT molecular complexity index is 3020. The first-order valence-electron chi connectivity index (χ1n) is 21.3. The molecule has 0 aromatic heterocycles. The molecule has 63 heavy (non-hydrogen) atoms. The monoisotopic (exact) mass is 932 g/mol. The van der Waals surface area contributed by atoms with Crippen LogP contribution in [0.25, 0.3) is 77.5 Å². The van der Waals surface area contributed by atoms with Crippen molar-refractivity contribution in [3.63, 3.8) is 0 Å². The molecule has 0 spiro atoms. The van der Waals surface area contributed by atoms with Gasteiger partial charge in [-0.3, -0.25) is 0 Å². The summed E-state index contributed by atoms with van der Waals surface area (Å²) in [5.74, 6) is 1.93. The zero-order valence-electron chi connectivity index (χ0n) is 35.5. The number of benzene rings is 7. The molecular formula is C58H44Cl2O2Zr. The van der Waals surface area contributed by atoms with E-state index in [0.29, 0.717) is 0 Å². The molecule has 0 N–H and O–H groups in total. The molecule has 0 saturated carbocycles. The van der Waals surface area contributed by atoms with Crippen LogP contribution in [0.5, 0.6) is 11.5 Å². The average Bonchev–Trinajstić information content (AvgIpc) is 3.63. The molecule has 9 aromatic rings. The van der Waals surface area contributed by atoms with Gasteiger partial charge in [-0.2, -0.15) is 0 Å². The summed E-state index contributed by atoms with van der Waals surface area (Å²) in [6.45, 7) is 4.58. The number of hydrogen-bond donors (Lipinski definition) is 0. The Morgan fingerprint density at radius 2 is 0.746 bits per heavy atom. The normalized spacial score (nSPS) is 15.1. The van der Waals surface area contributed by atoms with Gasteiger partial charge in [0.15, 0.2) is 0 Å². The second-order valence-corrected chi connectivity index (χ2v) is 20.0. The number of rotatable bonds is 6. The van der Waals surface area contributed by atoms with Crippen LogP contribution in [0.4, 0.5) is 0 Å². The van der Waals surface area contributed by atoms with Crippen LogP contribution in [0.2, 0.25) is 0 Å². The van der Waals surface area contributed by atoms with Crippen LogP contribution in [0.1, 0.15) is 56.3 Å². The molecule has 2 nitrogen and oxygen atoms in total. The van der Waals surface area contributed by atoms with Gasteiger partial charge in [0.25, 0.3) is 0 Å². The van der Waals surface area contributed by atoms with Crippen LogP contribution in [0.15, 0.2) is 170 Å². The molecule has 2 aliphatic rings. The van der Waals surface area contributed by atoms with E-state index in [1.54, 1.807) is 14.2 Å². The fourth-order valence-electron chi connectivity index (χ4n) is 10.7. The van der Waals surface area contributed by atoms with Crippen molar-refractivity contribution < 1.29 is 30.3 Å². The Hall–Kier alpha value is -5.70. The first kappa shape index (κ1) is 41.3. The van der Waals surface area contributed by atoms with Gasteiger partial charge in [-0.15, -0.1) is 104 Å². The van der Waals surface area contributed by atoms with Gasteiger partial charge in [0.2, 0.25) is 0 Å². The first-order chi connectivity index (χ1) is 31.0. The van der Waals surface area contributed by atoms with Gasteiger partial charge in [-0.1, -0.05) is 147 Å². The van der Waals surface area contributed by atoms with E-state index in [0.717, 1.165) is 33.0 Å². The Labute approximate surface area is 387 Å². The molecule has 0 radical (unpaired) electrons. The Morgan fingerprint density at radius 3 is 1.06 bits per heavy atom. The second-order valence-electron chi connectivity index (χ2n) is 16.3. The van der Waals surface area contributed by atoms with Crippen molar-refractivity contribution in [3.05, 3.63) is 214 Å². The molecule has 5 heteroatoms. The summed E-state index contributed by atoms with van der Waals surface area (Å²) in [6, 6.07) is 48.8. The minimum atomic E-state index is -0.826. The maximum atomic E-state index is 6.10. The van der Waals surface area contributed by atoms with Crippen LogP contribution in [0.3, 0.4) is 0 Å². The summed E-state index contributed by atoms with van der Waals surface area (Å²) in [5, 5.41) is 9.43. The first-order valence-corrected chi connectivity index (χ1v) is 27.6. The van der Waals surface area contributed by atoms with Crippen molar-refractivity contribution in [2.45, 2.75) is 25.7 Å². The van der Waals surface area contributed by atoms with E-state index in [2.05, 4.69) is 196 Å². The van der Waals surface area contributed by atoms with Crippen LogP contribution in [-0.2, 0) is 20.8 Å². The van der Waals surface area contributed by atoms with Gasteiger partial charge in [0.1, 0.15) is 11.5 Å². The molecular weight excluding hydrogens is 891 g/mol. The molecule has 0 fully saturated rings. The van der Waals surface area contributed by atoms with Gasteiger partial charge in [0.05, 0.1) is 14.2 Å². The Kier molecular flexibility index (Phi) is 11.5. The van der Waals surface area contributed by atoms with Gasteiger partial charge >= 0.3 is 37.9 Å². The van der Waals surface area contributed by atoms with E-state index in [-0.39, 0.29) is 11.8 Å². The van der Waals surface area contributed by atoms with E-state index in [1.807, 2.05) is 0 Å². The third-order valence-electron chi connectivity index (χ3n) is 13.1. The summed E-state index contributed by atoms with van der Waals surface area (Å²) in [5.41, 5.74) is 15.5. The van der Waals surface area contributed by atoms with E-state index < -0.39 is 20.8 Å². The Balaban J connectivity index is 0.00000153. The number of methoxy groups -OCH3 is 2. The molecule has 0 heterocycles. The van der Waals surface area contributed by atoms with Crippen LogP contribution < -0.4 is 9.47 Å². The molecule has 11 rings (SSSR count). The third-order valence-corrected chi connectivity index (χ3v) is 13.1. The standard InChI is InChI=1S/C58H44O2.2ClH.Zr/c1-35-33-51-43(25-7-9-27-45(51)55-39-21-11-15-29-47(39)57(59-3)48-30-16-12-22-40(48)55)53(35)37-19-5-6-20-38(37)54-36(2)34-52-44(54)26-8-10-28-46(52)56-41-23-13-17-31-49(41)58(60-4)50-32-18-14-24-42(50)56;;;/h5-34,45-46H,1-4H3;2*1H;/q-2;;;+4/p-2. The number of hydrogen-bond acceptors (Lipinski definition) is 2. The molecule has 306 valence electrons. The SMILES string of the molecule is COc1c2ccccc2c(C2C=CC=Cc3c2cc(C)[c-]3-c2ccccc2-[c-]2c(C)cc3c2C=CC=CC3c2c3ccccc3c(OC)c3ccccc23)c2ccccc12.[Cl][Zr+2][Cl]. The van der Waals surface area contributed by atoms with E-state index in [4.69, 9.17) is 26.5 Å². The van der Waals surface area contributed by atoms with Gasteiger partial charge in [-0.25, -0.2) is 0 Å². The quantitative estimate of drug-likeness (QED) is 0.122. The van der Waals surface area contributed by atoms with Crippen molar-refractivity contribution >= 4 is 72.3 Å². The molecule has 0 saturated heterocycles. The number of aryl methyl sites for hydroxylation is 2. The van der Waals surface area contributed by atoms with Crippen molar-refractivity contribution in [1.29, 1.82) is 0 Å². The number of fused-ring (bicyclic) bond motifs is 6. The predicted octanol–water partition coefficient (Wildman–Crippen LogP) is 16.5. The summed E-state index contributed by atoms with van der Waals surface area (Å²) < 4.78 is 12.2. The van der Waals surface area contributed by atoms with Crippen molar-refractivity contribution in [1.82, 2.24) is 0 Å². The maximum absolute atomic E-state index is 6.10. The second kappa shape index (κ2) is 17.5. The zero-order chi connectivity index (χ0) is 43.2. The number of allylic oxidation sites excluding steroid dienone is 6. The summed E-state index contributed by atoms with van der Waals surface area (Å²) in [4.78, 5) is 0. The van der Waals surface area contributed by atoms with E-state index in [1.165, 1.54) is 88.3 Å². The molecule has 0 aliphatic heterocycles. The predicted molar refractivity (Wildman–Crippen MR) is 266 cm³/mol. The van der Waals surface area contributed by atoms with Gasteiger partial charge in [0, 0.05) is 33.4 Å². The average molecular weight is 935 g/mol. The molecule has 2 atom stereocenters. The van der Waals surface area contributed by atoms with E-state index >= 15 is 0 Å². The van der Waals surface area contributed by atoms with Gasteiger partial charge in [-0.05, 0) is 32.7 Å². The molecule has 0 bridgehead atoms. The summed E-state index contributed by atoms with van der Waals surface area (Å²) >= 11 is -0.826. The minimum absolute atomic E-state index is 0.0381. The molecule has 2 unspecified atom stereocenters. The van der Waals surface area contributed by atoms with E-state index in [9.17, 15) is 0 Å². The van der Waals surface area contributed by atoms with Crippen molar-refractivity contribution in [2.75, 3.05) is 14.2 Å². The fourth-order valence-corrected chi connectivity index (χ4v) is 10.7. The number of halogens is 2. The van der Waals surface area contributed by atoms with Crippen molar-refractivity contribution in [3.8, 4) is 33.8 Å². The molecule has 9 aromatic carbocycles. The van der Waals surface area contributed by atoms with Crippen LogP contribution in [0, 0.1) is 13.8 Å². The van der Waals surface area contributed by atoms with Crippen LogP contribution in [-0.4, -0.2) is 14.2 Å². The summed E-state index contributed by atoms with van der Waals surface area (Å²) in [6.07, 6.45) is 18.3. The zero-order valence-corrected chi connectivity index (χ0v) is 39.5. The molecule has 0 amide bonds. The van der Waals surface area contributed by atoms with Crippen LogP contribution >= 0.6 is 17.0 Å². The number of ether oxygens (including phenoxy) is 2. The fraction of sp³-hybridized carbons (Fsp3) is 0.103.